The maximum atomic E-state index is 11.5. The van der Waals surface area contributed by atoms with Crippen molar-refractivity contribution in [1.29, 1.82) is 0 Å². The molecular formula is C12H15NO5S. The van der Waals surface area contributed by atoms with Crippen LogP contribution in [0.3, 0.4) is 0 Å². The summed E-state index contributed by atoms with van der Waals surface area (Å²) in [4.78, 5) is 21.7. The first kappa shape index (κ1) is 15.3. The first-order valence-corrected chi connectivity index (χ1v) is 7.64. The Labute approximate surface area is 111 Å². The van der Waals surface area contributed by atoms with Crippen molar-refractivity contribution in [2.75, 3.05) is 6.26 Å². The Morgan fingerprint density at radius 3 is 2.47 bits per heavy atom. The van der Waals surface area contributed by atoms with Crippen LogP contribution < -0.4 is 0 Å². The van der Waals surface area contributed by atoms with Crippen molar-refractivity contribution in [3.05, 3.63) is 33.9 Å². The summed E-state index contributed by atoms with van der Waals surface area (Å²) < 4.78 is 22.7. The van der Waals surface area contributed by atoms with E-state index in [-0.39, 0.29) is 28.4 Å². The number of nitro groups is 1. The van der Waals surface area contributed by atoms with E-state index in [1.165, 1.54) is 12.1 Å². The van der Waals surface area contributed by atoms with Crippen molar-refractivity contribution in [1.82, 2.24) is 0 Å². The minimum Gasteiger partial charge on any atom is -0.299 e. The smallest absolute Gasteiger partial charge is 0.274 e. The quantitative estimate of drug-likeness (QED) is 0.587. The molecule has 0 aliphatic heterocycles. The van der Waals surface area contributed by atoms with Gasteiger partial charge in [0.05, 0.1) is 9.82 Å². The molecule has 0 saturated carbocycles. The summed E-state index contributed by atoms with van der Waals surface area (Å²) in [5.74, 6) is -0.0993. The van der Waals surface area contributed by atoms with E-state index in [1.807, 2.05) is 6.92 Å². The molecule has 1 rings (SSSR count). The SMILES string of the molecule is CCCC(=O)Cc1ccc(S(C)(=O)=O)cc1[N+](=O)[O-]. The third-order valence-corrected chi connectivity index (χ3v) is 3.71. The third kappa shape index (κ3) is 4.13. The van der Waals surface area contributed by atoms with E-state index >= 15 is 0 Å². The van der Waals surface area contributed by atoms with Crippen molar-refractivity contribution in [2.45, 2.75) is 31.1 Å². The van der Waals surface area contributed by atoms with Gasteiger partial charge in [0.15, 0.2) is 9.84 Å². The molecule has 7 heteroatoms. The Balaban J connectivity index is 3.20. The van der Waals surface area contributed by atoms with E-state index in [9.17, 15) is 23.3 Å². The van der Waals surface area contributed by atoms with E-state index in [0.717, 1.165) is 12.3 Å². The number of Topliss-reactive ketones (excluding diaryl/α,β-unsaturated/α-hetero) is 1. The second-order valence-electron chi connectivity index (χ2n) is 4.29. The zero-order chi connectivity index (χ0) is 14.6. The largest absolute Gasteiger partial charge is 0.299 e. The van der Waals surface area contributed by atoms with Gasteiger partial charge in [-0.1, -0.05) is 13.0 Å². The fourth-order valence-corrected chi connectivity index (χ4v) is 2.31. The summed E-state index contributed by atoms with van der Waals surface area (Å²) in [6.45, 7) is 1.85. The molecule has 0 fully saturated rings. The van der Waals surface area contributed by atoms with Gasteiger partial charge in [-0.25, -0.2) is 8.42 Å². The molecular weight excluding hydrogens is 270 g/mol. The van der Waals surface area contributed by atoms with Gasteiger partial charge in [0.2, 0.25) is 0 Å². The van der Waals surface area contributed by atoms with E-state index in [1.54, 1.807) is 0 Å². The Morgan fingerprint density at radius 1 is 1.37 bits per heavy atom. The molecule has 6 nitrogen and oxygen atoms in total. The molecule has 0 heterocycles. The van der Waals surface area contributed by atoms with Crippen molar-refractivity contribution in [3.8, 4) is 0 Å². The Morgan fingerprint density at radius 2 is 2.00 bits per heavy atom. The summed E-state index contributed by atoms with van der Waals surface area (Å²) in [6, 6.07) is 3.63. The number of carbonyl (C=O) groups excluding carboxylic acids is 1. The van der Waals surface area contributed by atoms with Crippen LogP contribution in [0.15, 0.2) is 23.1 Å². The third-order valence-electron chi connectivity index (χ3n) is 2.60. The van der Waals surface area contributed by atoms with Gasteiger partial charge in [-0.3, -0.25) is 14.9 Å². The average molecular weight is 285 g/mol. The average Bonchev–Trinajstić information content (AvgIpc) is 2.27. The molecule has 1 aromatic carbocycles. The summed E-state index contributed by atoms with van der Waals surface area (Å²) >= 11 is 0. The zero-order valence-electron chi connectivity index (χ0n) is 10.8. The van der Waals surface area contributed by atoms with Crippen molar-refractivity contribution in [3.63, 3.8) is 0 Å². The molecule has 0 saturated heterocycles. The second kappa shape index (κ2) is 5.92. The first-order chi connectivity index (χ1) is 8.75. The highest BCUT2D eigenvalue weighted by Crippen LogP contribution is 2.24. The van der Waals surface area contributed by atoms with E-state index in [0.29, 0.717) is 12.8 Å². The normalized spacial score (nSPS) is 11.3. The zero-order valence-corrected chi connectivity index (χ0v) is 11.6. The van der Waals surface area contributed by atoms with Crippen LogP contribution in [-0.4, -0.2) is 25.4 Å². The molecule has 0 amide bonds. The van der Waals surface area contributed by atoms with Crippen LogP contribution in [0.1, 0.15) is 25.3 Å². The van der Waals surface area contributed by atoms with E-state index in [4.69, 9.17) is 0 Å². The van der Waals surface area contributed by atoms with Crippen LogP contribution in [0.2, 0.25) is 0 Å². The number of benzene rings is 1. The topological polar surface area (TPSA) is 94.3 Å². The second-order valence-corrected chi connectivity index (χ2v) is 6.30. The summed E-state index contributed by atoms with van der Waals surface area (Å²) in [5, 5.41) is 10.9. The molecule has 0 unspecified atom stereocenters. The minimum absolute atomic E-state index is 0.0474. The molecule has 0 atom stereocenters. The highest BCUT2D eigenvalue weighted by atomic mass is 32.2. The maximum absolute atomic E-state index is 11.5. The monoisotopic (exact) mass is 285 g/mol. The highest BCUT2D eigenvalue weighted by molar-refractivity contribution is 7.90. The number of sulfone groups is 1. The highest BCUT2D eigenvalue weighted by Gasteiger charge is 2.19. The lowest BCUT2D eigenvalue weighted by molar-refractivity contribution is -0.385. The molecule has 0 bridgehead atoms. The molecule has 0 aliphatic rings. The number of hydrogen-bond donors (Lipinski definition) is 0. The summed E-state index contributed by atoms with van der Waals surface area (Å²) in [5.41, 5.74) is -0.0803. The van der Waals surface area contributed by atoms with Gasteiger partial charge in [0.25, 0.3) is 5.69 Å². The molecule has 0 aromatic heterocycles. The van der Waals surface area contributed by atoms with Gasteiger partial charge in [-0.05, 0) is 12.5 Å². The lowest BCUT2D eigenvalue weighted by Crippen LogP contribution is -2.06. The molecule has 19 heavy (non-hydrogen) atoms. The van der Waals surface area contributed by atoms with Crippen LogP contribution in [0.25, 0.3) is 0 Å². The molecule has 104 valence electrons. The molecule has 1 aromatic rings. The fraction of sp³-hybridized carbons (Fsp3) is 0.417. The number of carbonyl (C=O) groups is 1. The van der Waals surface area contributed by atoms with Crippen molar-refractivity contribution in [2.24, 2.45) is 0 Å². The Bertz CT molecular complexity index is 607. The van der Waals surface area contributed by atoms with Crippen LogP contribution >= 0.6 is 0 Å². The Hall–Kier alpha value is -1.76. The molecule has 0 aliphatic carbocycles. The van der Waals surface area contributed by atoms with E-state index in [2.05, 4.69) is 0 Å². The summed E-state index contributed by atoms with van der Waals surface area (Å²) in [7, 11) is -3.50. The number of nitro benzene ring substituents is 1. The van der Waals surface area contributed by atoms with Crippen molar-refractivity contribution < 1.29 is 18.1 Å². The van der Waals surface area contributed by atoms with Gasteiger partial charge >= 0.3 is 0 Å². The molecule has 0 spiro atoms. The van der Waals surface area contributed by atoms with Gasteiger partial charge < -0.3 is 0 Å². The number of rotatable bonds is 6. The lowest BCUT2D eigenvalue weighted by Gasteiger charge is -2.04. The first-order valence-electron chi connectivity index (χ1n) is 5.74. The predicted molar refractivity (Wildman–Crippen MR) is 69.8 cm³/mol. The van der Waals surface area contributed by atoms with Crippen LogP contribution in [-0.2, 0) is 21.1 Å². The Kier molecular flexibility index (Phi) is 4.77. The van der Waals surface area contributed by atoms with Gasteiger partial charge in [0.1, 0.15) is 5.78 Å². The number of ketones is 1. The van der Waals surface area contributed by atoms with Crippen LogP contribution in [0.5, 0.6) is 0 Å². The summed E-state index contributed by atoms with van der Waals surface area (Å²) in [6.07, 6.45) is 1.96. The fourth-order valence-electron chi connectivity index (χ4n) is 1.67. The van der Waals surface area contributed by atoms with Gasteiger partial charge in [0, 0.05) is 30.7 Å². The maximum Gasteiger partial charge on any atom is 0.274 e. The molecule has 0 N–H and O–H groups in total. The van der Waals surface area contributed by atoms with Gasteiger partial charge in [-0.15, -0.1) is 0 Å². The molecule has 0 radical (unpaired) electrons. The van der Waals surface area contributed by atoms with Crippen molar-refractivity contribution >= 4 is 21.3 Å². The predicted octanol–water partition coefficient (Wildman–Crippen LogP) is 1.91. The van der Waals surface area contributed by atoms with Crippen LogP contribution in [0, 0.1) is 10.1 Å². The van der Waals surface area contributed by atoms with E-state index < -0.39 is 14.8 Å². The lowest BCUT2D eigenvalue weighted by atomic mass is 10.0. The minimum atomic E-state index is -3.50. The van der Waals surface area contributed by atoms with Gasteiger partial charge in [-0.2, -0.15) is 0 Å². The number of hydrogen-bond acceptors (Lipinski definition) is 5. The standard InChI is InChI=1S/C12H15NO5S/c1-3-4-10(14)7-9-5-6-11(19(2,17)18)8-12(9)13(15)16/h5-6,8H,3-4,7H2,1-2H3. The van der Waals surface area contributed by atoms with Crippen LogP contribution in [0.4, 0.5) is 5.69 Å². The number of nitrogens with zero attached hydrogens (tertiary/aromatic N) is 1.